The van der Waals surface area contributed by atoms with E-state index in [0.717, 1.165) is 35.3 Å². The van der Waals surface area contributed by atoms with Gasteiger partial charge in [0.05, 0.1) is 12.1 Å². The van der Waals surface area contributed by atoms with Gasteiger partial charge in [0.2, 0.25) is 0 Å². The normalized spacial score (nSPS) is 19.1. The standard InChI is InChI=1S/C22H22N4O/c1-12-13(2)19(24-11-15(12)9-23)21(27)26-16-6-5-14-10-25-20(17(14)7-16)18-8-22(18,3)4/h5-7,11,18H,8,10H2,1-4H3,(H,26,27). The Kier molecular flexibility index (Phi) is 3.88. The molecule has 2 aliphatic rings. The molecule has 1 N–H and O–H groups in total. The van der Waals surface area contributed by atoms with Gasteiger partial charge in [-0.25, -0.2) is 4.98 Å². The molecular weight excluding hydrogens is 336 g/mol. The number of amides is 1. The van der Waals surface area contributed by atoms with E-state index >= 15 is 0 Å². The highest BCUT2D eigenvalue weighted by molar-refractivity contribution is 6.09. The summed E-state index contributed by atoms with van der Waals surface area (Å²) in [7, 11) is 0. The molecule has 1 saturated carbocycles. The number of fused-ring (bicyclic) bond motifs is 1. The number of carbonyl (C=O) groups is 1. The molecule has 5 heteroatoms. The van der Waals surface area contributed by atoms with Crippen molar-refractivity contribution in [2.45, 2.75) is 40.7 Å². The summed E-state index contributed by atoms with van der Waals surface area (Å²) in [6.07, 6.45) is 2.62. The highest BCUT2D eigenvalue weighted by Crippen LogP contribution is 2.54. The zero-order chi connectivity index (χ0) is 19.3. The lowest BCUT2D eigenvalue weighted by molar-refractivity contribution is 0.102. The van der Waals surface area contributed by atoms with Gasteiger partial charge < -0.3 is 5.32 Å². The Morgan fingerprint density at radius 1 is 1.30 bits per heavy atom. The third-order valence-corrected chi connectivity index (χ3v) is 5.89. The van der Waals surface area contributed by atoms with Gasteiger partial charge in [0, 0.05) is 29.1 Å². The Balaban J connectivity index is 1.59. The van der Waals surface area contributed by atoms with Crippen molar-refractivity contribution in [3.63, 3.8) is 0 Å². The van der Waals surface area contributed by atoms with E-state index in [2.05, 4.69) is 30.2 Å². The number of pyridine rings is 1. The van der Waals surface area contributed by atoms with Crippen LogP contribution < -0.4 is 5.32 Å². The fourth-order valence-corrected chi connectivity index (χ4v) is 3.75. The summed E-state index contributed by atoms with van der Waals surface area (Å²) in [6.45, 7) is 8.92. The minimum Gasteiger partial charge on any atom is -0.321 e. The molecule has 1 aromatic carbocycles. The molecule has 0 bridgehead atoms. The molecule has 1 atom stereocenters. The SMILES string of the molecule is Cc1c(C#N)cnc(C(=O)Nc2ccc3c(c2)C(C2CC2(C)C)=NC3)c1C. The van der Waals surface area contributed by atoms with E-state index in [9.17, 15) is 4.79 Å². The molecular formula is C22H22N4O. The lowest BCUT2D eigenvalue weighted by atomic mass is 9.98. The molecule has 1 amide bonds. The van der Waals surface area contributed by atoms with Crippen molar-refractivity contribution in [3.05, 3.63) is 57.9 Å². The quantitative estimate of drug-likeness (QED) is 0.894. The topological polar surface area (TPSA) is 78.1 Å². The highest BCUT2D eigenvalue weighted by atomic mass is 16.1. The Morgan fingerprint density at radius 2 is 2.04 bits per heavy atom. The van der Waals surface area contributed by atoms with E-state index in [1.54, 1.807) is 0 Å². The minimum absolute atomic E-state index is 0.261. The minimum atomic E-state index is -0.261. The van der Waals surface area contributed by atoms with Crippen LogP contribution in [0.2, 0.25) is 0 Å². The van der Waals surface area contributed by atoms with Crippen LogP contribution in [0.5, 0.6) is 0 Å². The van der Waals surface area contributed by atoms with Crippen molar-refractivity contribution in [1.82, 2.24) is 4.98 Å². The van der Waals surface area contributed by atoms with Crippen LogP contribution >= 0.6 is 0 Å². The summed E-state index contributed by atoms with van der Waals surface area (Å²) in [5.74, 6) is 0.248. The van der Waals surface area contributed by atoms with E-state index in [1.165, 1.54) is 17.5 Å². The first-order chi connectivity index (χ1) is 12.8. The van der Waals surface area contributed by atoms with Gasteiger partial charge in [-0.2, -0.15) is 5.26 Å². The van der Waals surface area contributed by atoms with Crippen LogP contribution in [0.25, 0.3) is 0 Å². The fraction of sp³-hybridized carbons (Fsp3) is 0.364. The molecule has 1 aliphatic heterocycles. The third-order valence-electron chi connectivity index (χ3n) is 5.89. The maximum atomic E-state index is 12.7. The maximum absolute atomic E-state index is 12.7. The smallest absolute Gasteiger partial charge is 0.274 e. The second kappa shape index (κ2) is 6.02. The summed E-state index contributed by atoms with van der Waals surface area (Å²) in [4.78, 5) is 21.7. The number of nitrogens with one attached hydrogen (secondary N) is 1. The molecule has 4 rings (SSSR count). The van der Waals surface area contributed by atoms with E-state index in [4.69, 9.17) is 10.3 Å². The monoisotopic (exact) mass is 358 g/mol. The zero-order valence-corrected chi connectivity index (χ0v) is 16.1. The molecule has 136 valence electrons. The van der Waals surface area contributed by atoms with Crippen LogP contribution in [0.15, 0.2) is 29.4 Å². The van der Waals surface area contributed by atoms with Gasteiger partial charge in [0.15, 0.2) is 0 Å². The second-order valence-electron chi connectivity index (χ2n) is 8.16. The number of hydrogen-bond acceptors (Lipinski definition) is 4. The van der Waals surface area contributed by atoms with Crippen molar-refractivity contribution in [2.24, 2.45) is 16.3 Å². The van der Waals surface area contributed by atoms with Crippen LogP contribution in [0.1, 0.15) is 58.6 Å². The Morgan fingerprint density at radius 3 is 2.70 bits per heavy atom. The summed E-state index contributed by atoms with van der Waals surface area (Å²) < 4.78 is 0. The van der Waals surface area contributed by atoms with E-state index in [-0.39, 0.29) is 5.91 Å². The number of rotatable bonds is 3. The summed E-state index contributed by atoms with van der Waals surface area (Å²) in [6, 6.07) is 8.09. The lowest BCUT2D eigenvalue weighted by Gasteiger charge is -2.12. The molecule has 5 nitrogen and oxygen atoms in total. The molecule has 27 heavy (non-hydrogen) atoms. The molecule has 0 saturated heterocycles. The maximum Gasteiger partial charge on any atom is 0.274 e. The number of aromatic nitrogens is 1. The molecule has 0 radical (unpaired) electrons. The van der Waals surface area contributed by atoms with Crippen LogP contribution in [0.4, 0.5) is 5.69 Å². The first-order valence-electron chi connectivity index (χ1n) is 9.17. The van der Waals surface area contributed by atoms with Gasteiger partial charge in [0.1, 0.15) is 11.8 Å². The highest BCUT2D eigenvalue weighted by Gasteiger charge is 2.50. The zero-order valence-electron chi connectivity index (χ0n) is 16.1. The average molecular weight is 358 g/mol. The van der Waals surface area contributed by atoms with Crippen LogP contribution in [-0.4, -0.2) is 16.6 Å². The van der Waals surface area contributed by atoms with Gasteiger partial charge in [-0.1, -0.05) is 19.9 Å². The van der Waals surface area contributed by atoms with Crippen molar-refractivity contribution in [2.75, 3.05) is 5.32 Å². The van der Waals surface area contributed by atoms with E-state index < -0.39 is 0 Å². The fourth-order valence-electron chi connectivity index (χ4n) is 3.75. The van der Waals surface area contributed by atoms with Crippen LogP contribution in [-0.2, 0) is 6.54 Å². The van der Waals surface area contributed by atoms with Gasteiger partial charge in [-0.15, -0.1) is 0 Å². The lowest BCUT2D eigenvalue weighted by Crippen LogP contribution is -2.17. The number of aliphatic imine (C=N–C) groups is 1. The molecule has 2 heterocycles. The number of hydrogen-bond donors (Lipinski definition) is 1. The molecule has 2 aromatic rings. The molecule has 1 fully saturated rings. The number of benzene rings is 1. The first kappa shape index (κ1) is 17.4. The Labute approximate surface area is 159 Å². The largest absolute Gasteiger partial charge is 0.321 e. The van der Waals surface area contributed by atoms with Gasteiger partial charge >= 0.3 is 0 Å². The predicted octanol–water partition coefficient (Wildman–Crippen LogP) is 4.17. The van der Waals surface area contributed by atoms with Crippen LogP contribution in [0, 0.1) is 36.5 Å². The Bertz CT molecular complexity index is 1040. The van der Waals surface area contributed by atoms with Crippen molar-refractivity contribution in [1.29, 1.82) is 5.26 Å². The Hall–Kier alpha value is -3.00. The molecule has 1 unspecified atom stereocenters. The van der Waals surface area contributed by atoms with E-state index in [0.29, 0.717) is 22.6 Å². The summed E-state index contributed by atoms with van der Waals surface area (Å²) in [5, 5.41) is 12.1. The number of nitrogens with zero attached hydrogens (tertiary/aromatic N) is 3. The van der Waals surface area contributed by atoms with E-state index in [1.807, 2.05) is 32.0 Å². The number of carbonyl (C=O) groups excluding carboxylic acids is 1. The second-order valence-corrected chi connectivity index (χ2v) is 8.16. The summed E-state index contributed by atoms with van der Waals surface area (Å²) >= 11 is 0. The average Bonchev–Trinajstić information content (AvgIpc) is 3.08. The third kappa shape index (κ3) is 2.91. The predicted molar refractivity (Wildman–Crippen MR) is 105 cm³/mol. The van der Waals surface area contributed by atoms with Crippen molar-refractivity contribution in [3.8, 4) is 6.07 Å². The molecule has 1 aliphatic carbocycles. The van der Waals surface area contributed by atoms with Crippen LogP contribution in [0.3, 0.4) is 0 Å². The van der Waals surface area contributed by atoms with Crippen molar-refractivity contribution >= 4 is 17.3 Å². The molecule has 0 spiro atoms. The summed E-state index contributed by atoms with van der Waals surface area (Å²) in [5.41, 5.74) is 6.98. The van der Waals surface area contributed by atoms with Gasteiger partial charge in [0.25, 0.3) is 5.91 Å². The number of anilines is 1. The van der Waals surface area contributed by atoms with Gasteiger partial charge in [-0.05, 0) is 54.5 Å². The number of nitriles is 1. The first-order valence-corrected chi connectivity index (χ1v) is 9.17. The van der Waals surface area contributed by atoms with Gasteiger partial charge in [-0.3, -0.25) is 9.79 Å². The molecule has 1 aromatic heterocycles. The van der Waals surface area contributed by atoms with Crippen molar-refractivity contribution < 1.29 is 4.79 Å².